The van der Waals surface area contributed by atoms with Crippen LogP contribution in [0.2, 0.25) is 0 Å². The van der Waals surface area contributed by atoms with Crippen LogP contribution < -0.4 is 16.0 Å². The van der Waals surface area contributed by atoms with Crippen LogP contribution >= 0.6 is 11.3 Å². The van der Waals surface area contributed by atoms with E-state index in [2.05, 4.69) is 9.97 Å². The number of hydrogen-bond acceptors (Lipinski definition) is 5. The highest BCUT2D eigenvalue weighted by atomic mass is 32.1. The first-order valence-electron chi connectivity index (χ1n) is 5.66. The van der Waals surface area contributed by atoms with Crippen LogP contribution in [0.5, 0.6) is 5.75 Å². The first kappa shape index (κ1) is 11.7. The van der Waals surface area contributed by atoms with E-state index < -0.39 is 0 Å². The van der Waals surface area contributed by atoms with E-state index in [0.29, 0.717) is 28.9 Å². The van der Waals surface area contributed by atoms with E-state index in [1.54, 1.807) is 23.5 Å². The van der Waals surface area contributed by atoms with Crippen LogP contribution in [0.1, 0.15) is 4.88 Å². The van der Waals surface area contributed by atoms with Crippen LogP contribution in [-0.2, 0) is 6.61 Å². The number of ether oxygens (including phenoxy) is 1. The van der Waals surface area contributed by atoms with Gasteiger partial charge in [-0.3, -0.25) is 4.79 Å². The predicted molar refractivity (Wildman–Crippen MR) is 75.4 cm³/mol. The molecule has 0 saturated carbocycles. The summed E-state index contributed by atoms with van der Waals surface area (Å²) in [6, 6.07) is 7.23. The lowest BCUT2D eigenvalue weighted by Crippen LogP contribution is -2.07. The van der Waals surface area contributed by atoms with E-state index in [1.807, 2.05) is 17.5 Å². The third kappa shape index (κ3) is 2.30. The normalized spacial score (nSPS) is 10.7. The third-order valence-electron chi connectivity index (χ3n) is 2.72. The SMILES string of the molecule is Nc1cc2c(=O)[nH]cnc2cc1OCc1cccs1. The Kier molecular flexibility index (Phi) is 2.92. The number of nitrogens with one attached hydrogen (secondary N) is 1. The molecule has 0 fully saturated rings. The number of hydrogen-bond donors (Lipinski definition) is 2. The van der Waals surface area contributed by atoms with Gasteiger partial charge in [-0.1, -0.05) is 6.07 Å². The van der Waals surface area contributed by atoms with Crippen molar-refractivity contribution in [3.05, 3.63) is 51.2 Å². The number of nitrogens with zero attached hydrogens (tertiary/aromatic N) is 1. The lowest BCUT2D eigenvalue weighted by atomic mass is 10.2. The zero-order valence-electron chi connectivity index (χ0n) is 9.92. The maximum Gasteiger partial charge on any atom is 0.258 e. The van der Waals surface area contributed by atoms with Crippen molar-refractivity contribution in [3.63, 3.8) is 0 Å². The molecule has 5 nitrogen and oxygen atoms in total. The van der Waals surface area contributed by atoms with Gasteiger partial charge in [0.25, 0.3) is 5.56 Å². The van der Waals surface area contributed by atoms with Crippen molar-refractivity contribution in [3.8, 4) is 5.75 Å². The van der Waals surface area contributed by atoms with Gasteiger partial charge in [-0.25, -0.2) is 4.98 Å². The summed E-state index contributed by atoms with van der Waals surface area (Å²) in [5.41, 5.74) is 6.69. The molecule has 0 amide bonds. The van der Waals surface area contributed by atoms with Crippen LogP contribution in [-0.4, -0.2) is 9.97 Å². The first-order chi connectivity index (χ1) is 9.24. The van der Waals surface area contributed by atoms with Crippen molar-refractivity contribution in [2.45, 2.75) is 6.61 Å². The Balaban J connectivity index is 1.95. The summed E-state index contributed by atoms with van der Waals surface area (Å²) in [5.74, 6) is 0.541. The Hall–Kier alpha value is -2.34. The van der Waals surface area contributed by atoms with Crippen molar-refractivity contribution in [1.29, 1.82) is 0 Å². The van der Waals surface area contributed by atoms with Crippen LogP contribution in [0.15, 0.2) is 40.8 Å². The fourth-order valence-corrected chi connectivity index (χ4v) is 2.40. The second-order valence-electron chi connectivity index (χ2n) is 4.01. The molecule has 0 aliphatic rings. The number of thiophene rings is 1. The molecule has 0 aliphatic carbocycles. The van der Waals surface area contributed by atoms with E-state index in [4.69, 9.17) is 10.5 Å². The third-order valence-corrected chi connectivity index (χ3v) is 3.57. The first-order valence-corrected chi connectivity index (χ1v) is 6.54. The summed E-state index contributed by atoms with van der Waals surface area (Å²) in [6.07, 6.45) is 1.36. The molecule has 2 aromatic heterocycles. The number of aromatic nitrogens is 2. The van der Waals surface area contributed by atoms with Gasteiger partial charge in [-0.2, -0.15) is 0 Å². The van der Waals surface area contributed by atoms with E-state index in [1.165, 1.54) is 6.33 Å². The smallest absolute Gasteiger partial charge is 0.258 e. The van der Waals surface area contributed by atoms with Crippen molar-refractivity contribution < 1.29 is 4.74 Å². The van der Waals surface area contributed by atoms with Crippen molar-refractivity contribution in [2.24, 2.45) is 0 Å². The Morgan fingerprint density at radius 2 is 2.32 bits per heavy atom. The molecule has 0 aliphatic heterocycles. The van der Waals surface area contributed by atoms with Gasteiger partial charge in [0.1, 0.15) is 12.4 Å². The monoisotopic (exact) mass is 273 g/mol. The minimum absolute atomic E-state index is 0.207. The number of nitrogen functional groups attached to an aromatic ring is 1. The van der Waals surface area contributed by atoms with E-state index in [-0.39, 0.29) is 5.56 Å². The van der Waals surface area contributed by atoms with Gasteiger partial charge in [-0.15, -0.1) is 11.3 Å². The molecule has 0 radical (unpaired) electrons. The summed E-state index contributed by atoms with van der Waals surface area (Å²) in [7, 11) is 0. The molecule has 3 rings (SSSR count). The van der Waals surface area contributed by atoms with Crippen LogP contribution in [0, 0.1) is 0 Å². The maximum absolute atomic E-state index is 11.6. The number of aromatic amines is 1. The van der Waals surface area contributed by atoms with Gasteiger partial charge in [0.2, 0.25) is 0 Å². The number of benzene rings is 1. The van der Waals surface area contributed by atoms with E-state index in [9.17, 15) is 4.79 Å². The van der Waals surface area contributed by atoms with E-state index >= 15 is 0 Å². The second-order valence-corrected chi connectivity index (χ2v) is 5.04. The summed E-state index contributed by atoms with van der Waals surface area (Å²) in [6.45, 7) is 0.455. The lowest BCUT2D eigenvalue weighted by Gasteiger charge is -2.08. The highest BCUT2D eigenvalue weighted by Gasteiger charge is 2.07. The average Bonchev–Trinajstić information content (AvgIpc) is 2.91. The molecule has 0 unspecified atom stereocenters. The predicted octanol–water partition coefficient (Wildman–Crippen LogP) is 2.15. The standard InChI is InChI=1S/C13H11N3O2S/c14-10-4-9-11(15-7-16-13(9)17)5-12(10)18-6-8-2-1-3-19-8/h1-5,7H,6,14H2,(H,15,16,17). The van der Waals surface area contributed by atoms with Crippen LogP contribution in [0.4, 0.5) is 5.69 Å². The van der Waals surface area contributed by atoms with Crippen molar-refractivity contribution >= 4 is 27.9 Å². The fraction of sp³-hybridized carbons (Fsp3) is 0.0769. The molecular weight excluding hydrogens is 262 g/mol. The van der Waals surface area contributed by atoms with Gasteiger partial charge >= 0.3 is 0 Å². The van der Waals surface area contributed by atoms with Gasteiger partial charge in [0.05, 0.1) is 22.9 Å². The minimum atomic E-state index is -0.207. The van der Waals surface area contributed by atoms with Crippen LogP contribution in [0.25, 0.3) is 10.9 Å². The number of anilines is 1. The zero-order chi connectivity index (χ0) is 13.2. The minimum Gasteiger partial charge on any atom is -0.486 e. The highest BCUT2D eigenvalue weighted by Crippen LogP contribution is 2.26. The molecule has 0 saturated heterocycles. The lowest BCUT2D eigenvalue weighted by molar-refractivity contribution is 0.312. The van der Waals surface area contributed by atoms with Crippen molar-refractivity contribution in [2.75, 3.05) is 5.73 Å². The van der Waals surface area contributed by atoms with Crippen molar-refractivity contribution in [1.82, 2.24) is 9.97 Å². The molecule has 3 N–H and O–H groups in total. The summed E-state index contributed by atoms with van der Waals surface area (Å²) >= 11 is 1.62. The number of H-pyrrole nitrogens is 1. The molecule has 0 atom stereocenters. The van der Waals surface area contributed by atoms with E-state index in [0.717, 1.165) is 4.88 Å². The Morgan fingerprint density at radius 3 is 3.11 bits per heavy atom. The molecule has 19 heavy (non-hydrogen) atoms. The molecule has 6 heteroatoms. The Labute approximate surface area is 112 Å². The molecule has 0 bridgehead atoms. The average molecular weight is 273 g/mol. The summed E-state index contributed by atoms with van der Waals surface area (Å²) < 4.78 is 5.66. The van der Waals surface area contributed by atoms with Crippen LogP contribution in [0.3, 0.4) is 0 Å². The largest absolute Gasteiger partial charge is 0.486 e. The van der Waals surface area contributed by atoms with Gasteiger partial charge in [0.15, 0.2) is 0 Å². The number of nitrogens with two attached hydrogens (primary N) is 1. The number of rotatable bonds is 3. The Morgan fingerprint density at radius 1 is 1.42 bits per heavy atom. The molecule has 1 aromatic carbocycles. The topological polar surface area (TPSA) is 81.0 Å². The van der Waals surface area contributed by atoms with Gasteiger partial charge in [0, 0.05) is 10.9 Å². The molecule has 3 aromatic rings. The fourth-order valence-electron chi connectivity index (χ4n) is 1.78. The molecule has 2 heterocycles. The highest BCUT2D eigenvalue weighted by molar-refractivity contribution is 7.09. The van der Waals surface area contributed by atoms with Gasteiger partial charge < -0.3 is 15.5 Å². The quantitative estimate of drug-likeness (QED) is 0.716. The zero-order valence-corrected chi connectivity index (χ0v) is 10.7. The summed E-state index contributed by atoms with van der Waals surface area (Å²) in [5, 5.41) is 2.45. The Bertz CT molecular complexity index is 765. The second kappa shape index (κ2) is 4.74. The number of fused-ring (bicyclic) bond motifs is 1. The summed E-state index contributed by atoms with van der Waals surface area (Å²) in [4.78, 5) is 19.3. The molecule has 0 spiro atoms. The molecular formula is C13H11N3O2S. The maximum atomic E-state index is 11.6. The van der Waals surface area contributed by atoms with Gasteiger partial charge in [-0.05, 0) is 17.5 Å². The molecule has 96 valence electrons.